The van der Waals surface area contributed by atoms with Crippen LogP contribution in [0.3, 0.4) is 0 Å². The first kappa shape index (κ1) is 15.6. The number of anilines is 2. The maximum atomic E-state index is 12.0. The van der Waals surface area contributed by atoms with Gasteiger partial charge >= 0.3 is 0 Å². The zero-order valence-electron chi connectivity index (χ0n) is 12.5. The van der Waals surface area contributed by atoms with Crippen molar-refractivity contribution in [1.82, 2.24) is 0 Å². The number of carbonyl (C=O) groups is 1. The van der Waals surface area contributed by atoms with Gasteiger partial charge in [0.15, 0.2) is 0 Å². The van der Waals surface area contributed by atoms with Crippen molar-refractivity contribution >= 4 is 33.2 Å². The molecule has 4 heteroatoms. The molecule has 0 saturated carbocycles. The highest BCUT2D eigenvalue weighted by molar-refractivity contribution is 9.10. The zero-order chi connectivity index (χ0) is 15.4. The molecule has 0 atom stereocenters. The van der Waals surface area contributed by atoms with E-state index in [1.807, 2.05) is 57.2 Å². The molecule has 0 heterocycles. The van der Waals surface area contributed by atoms with E-state index < -0.39 is 0 Å². The van der Waals surface area contributed by atoms with E-state index in [4.69, 9.17) is 0 Å². The van der Waals surface area contributed by atoms with Crippen LogP contribution in [0, 0.1) is 20.8 Å². The first-order valence-corrected chi connectivity index (χ1v) is 7.62. The molecule has 0 saturated heterocycles. The Balaban J connectivity index is 1.95. The average molecular weight is 347 g/mol. The summed E-state index contributed by atoms with van der Waals surface area (Å²) in [7, 11) is 0. The molecule has 2 aromatic carbocycles. The molecule has 2 N–H and O–H groups in total. The molecule has 1 amide bonds. The molecule has 0 aromatic heterocycles. The van der Waals surface area contributed by atoms with Crippen LogP contribution in [0.25, 0.3) is 0 Å². The third-order valence-electron chi connectivity index (χ3n) is 3.19. The molecule has 0 fully saturated rings. The zero-order valence-corrected chi connectivity index (χ0v) is 14.0. The summed E-state index contributed by atoms with van der Waals surface area (Å²) in [6.45, 7) is 6.32. The number of nitrogens with one attached hydrogen (secondary N) is 2. The maximum absolute atomic E-state index is 12.0. The van der Waals surface area contributed by atoms with Crippen molar-refractivity contribution in [3.8, 4) is 0 Å². The Labute approximate surface area is 133 Å². The van der Waals surface area contributed by atoms with Crippen molar-refractivity contribution in [1.29, 1.82) is 0 Å². The van der Waals surface area contributed by atoms with Crippen molar-refractivity contribution in [2.45, 2.75) is 20.8 Å². The number of aryl methyl sites for hydroxylation is 3. The van der Waals surface area contributed by atoms with Gasteiger partial charge in [0, 0.05) is 15.8 Å². The first-order valence-electron chi connectivity index (χ1n) is 6.83. The lowest BCUT2D eigenvalue weighted by Gasteiger charge is -2.11. The highest BCUT2D eigenvalue weighted by Crippen LogP contribution is 2.24. The summed E-state index contributed by atoms with van der Waals surface area (Å²) in [5.41, 5.74) is 5.20. The number of hydrogen-bond donors (Lipinski definition) is 2. The number of rotatable bonds is 4. The van der Waals surface area contributed by atoms with E-state index in [-0.39, 0.29) is 12.5 Å². The second-order valence-corrected chi connectivity index (χ2v) is 5.99. The van der Waals surface area contributed by atoms with Gasteiger partial charge in [0.25, 0.3) is 0 Å². The lowest BCUT2D eigenvalue weighted by molar-refractivity contribution is -0.114. The monoisotopic (exact) mass is 346 g/mol. The van der Waals surface area contributed by atoms with E-state index in [0.717, 1.165) is 32.5 Å². The summed E-state index contributed by atoms with van der Waals surface area (Å²) in [4.78, 5) is 12.0. The van der Waals surface area contributed by atoms with E-state index in [2.05, 4.69) is 26.6 Å². The van der Waals surface area contributed by atoms with Crippen LogP contribution in [-0.4, -0.2) is 12.5 Å². The van der Waals surface area contributed by atoms with Crippen molar-refractivity contribution in [2.24, 2.45) is 0 Å². The topological polar surface area (TPSA) is 41.1 Å². The Kier molecular flexibility index (Phi) is 5.02. The molecule has 2 rings (SSSR count). The van der Waals surface area contributed by atoms with Gasteiger partial charge in [0.05, 0.1) is 6.54 Å². The summed E-state index contributed by atoms with van der Waals surface area (Å²) in [6, 6.07) is 11.8. The quantitative estimate of drug-likeness (QED) is 0.859. The Bertz CT molecular complexity index is 645. The van der Waals surface area contributed by atoms with Crippen molar-refractivity contribution in [3.63, 3.8) is 0 Å². The van der Waals surface area contributed by atoms with Gasteiger partial charge < -0.3 is 10.6 Å². The van der Waals surface area contributed by atoms with Gasteiger partial charge in [-0.1, -0.05) is 28.1 Å². The molecule has 0 aliphatic carbocycles. The fourth-order valence-corrected chi connectivity index (χ4v) is 2.39. The highest BCUT2D eigenvalue weighted by Gasteiger charge is 2.05. The minimum atomic E-state index is -0.0566. The van der Waals surface area contributed by atoms with Crippen molar-refractivity contribution in [2.75, 3.05) is 17.2 Å². The summed E-state index contributed by atoms with van der Waals surface area (Å²) in [5, 5.41) is 6.04. The predicted octanol–water partition coefficient (Wildman–Crippen LogP) is 4.42. The molecule has 0 unspecified atom stereocenters. The van der Waals surface area contributed by atoms with Crippen LogP contribution in [0.1, 0.15) is 16.7 Å². The van der Waals surface area contributed by atoms with Crippen LogP contribution in [0.4, 0.5) is 11.4 Å². The lowest BCUT2D eigenvalue weighted by Crippen LogP contribution is -2.21. The number of halogens is 1. The molecule has 0 aliphatic rings. The third kappa shape index (κ3) is 4.33. The molecule has 0 bridgehead atoms. The van der Waals surface area contributed by atoms with E-state index in [1.165, 1.54) is 0 Å². The van der Waals surface area contributed by atoms with Crippen molar-refractivity contribution < 1.29 is 4.79 Å². The fourth-order valence-electron chi connectivity index (χ4n) is 2.16. The molecule has 0 aliphatic heterocycles. The Hall–Kier alpha value is -1.81. The normalized spacial score (nSPS) is 10.3. The molecule has 21 heavy (non-hydrogen) atoms. The fraction of sp³-hybridized carbons (Fsp3) is 0.235. The van der Waals surface area contributed by atoms with Gasteiger partial charge in [-0.25, -0.2) is 0 Å². The van der Waals surface area contributed by atoms with E-state index >= 15 is 0 Å². The first-order chi connectivity index (χ1) is 9.95. The standard InChI is InChI=1S/C17H19BrN2O/c1-11-5-4-6-14(7-11)20-16(21)10-19-15-8-12(2)17(18)13(3)9-15/h4-9,19H,10H2,1-3H3,(H,20,21). The van der Waals surface area contributed by atoms with Gasteiger partial charge in [-0.2, -0.15) is 0 Å². The minimum Gasteiger partial charge on any atom is -0.376 e. The van der Waals surface area contributed by atoms with Crippen LogP contribution in [0.2, 0.25) is 0 Å². The summed E-state index contributed by atoms with van der Waals surface area (Å²) >= 11 is 3.54. The molecule has 110 valence electrons. The maximum Gasteiger partial charge on any atom is 0.243 e. The molecule has 0 spiro atoms. The molecular weight excluding hydrogens is 328 g/mol. The van der Waals surface area contributed by atoms with Crippen LogP contribution in [-0.2, 0) is 4.79 Å². The van der Waals surface area contributed by atoms with Gasteiger partial charge in [0.1, 0.15) is 0 Å². The largest absolute Gasteiger partial charge is 0.376 e. The SMILES string of the molecule is Cc1cccc(NC(=O)CNc2cc(C)c(Br)c(C)c2)c1. The van der Waals surface area contributed by atoms with Gasteiger partial charge in [0.2, 0.25) is 5.91 Å². The number of carbonyl (C=O) groups excluding carboxylic acids is 1. The Morgan fingerprint density at radius 3 is 2.33 bits per heavy atom. The minimum absolute atomic E-state index is 0.0566. The molecular formula is C17H19BrN2O. The molecule has 2 aromatic rings. The van der Waals surface area contributed by atoms with E-state index in [0.29, 0.717) is 0 Å². The van der Waals surface area contributed by atoms with Crippen LogP contribution < -0.4 is 10.6 Å². The summed E-state index contributed by atoms with van der Waals surface area (Å²) in [6.07, 6.45) is 0. The highest BCUT2D eigenvalue weighted by atomic mass is 79.9. The van der Waals surface area contributed by atoms with Gasteiger partial charge in [-0.05, 0) is 61.7 Å². The second kappa shape index (κ2) is 6.76. The third-order valence-corrected chi connectivity index (χ3v) is 4.44. The number of hydrogen-bond acceptors (Lipinski definition) is 2. The summed E-state index contributed by atoms with van der Waals surface area (Å²) in [5.74, 6) is -0.0566. The number of amides is 1. The second-order valence-electron chi connectivity index (χ2n) is 5.20. The molecule has 0 radical (unpaired) electrons. The van der Waals surface area contributed by atoms with E-state index in [9.17, 15) is 4.79 Å². The van der Waals surface area contributed by atoms with E-state index in [1.54, 1.807) is 0 Å². The van der Waals surface area contributed by atoms with Crippen molar-refractivity contribution in [3.05, 3.63) is 57.6 Å². The van der Waals surface area contributed by atoms with Crippen LogP contribution in [0.15, 0.2) is 40.9 Å². The number of benzene rings is 2. The average Bonchev–Trinajstić information content (AvgIpc) is 2.42. The summed E-state index contributed by atoms with van der Waals surface area (Å²) < 4.78 is 1.11. The Morgan fingerprint density at radius 2 is 1.71 bits per heavy atom. The lowest BCUT2D eigenvalue weighted by atomic mass is 10.1. The van der Waals surface area contributed by atoms with Crippen LogP contribution >= 0.6 is 15.9 Å². The smallest absolute Gasteiger partial charge is 0.243 e. The van der Waals surface area contributed by atoms with Crippen LogP contribution in [0.5, 0.6) is 0 Å². The van der Waals surface area contributed by atoms with Gasteiger partial charge in [-0.15, -0.1) is 0 Å². The molecule has 3 nitrogen and oxygen atoms in total. The van der Waals surface area contributed by atoms with Gasteiger partial charge in [-0.3, -0.25) is 4.79 Å². The Morgan fingerprint density at radius 1 is 1.05 bits per heavy atom. The predicted molar refractivity (Wildman–Crippen MR) is 91.9 cm³/mol.